The number of aromatic nitrogens is 1. The van der Waals surface area contributed by atoms with Gasteiger partial charge >= 0.3 is 0 Å². The molecule has 0 amide bonds. The summed E-state index contributed by atoms with van der Waals surface area (Å²) < 4.78 is 27.4. The van der Waals surface area contributed by atoms with Gasteiger partial charge in [0.15, 0.2) is 23.0 Å². The molecule has 0 radical (unpaired) electrons. The summed E-state index contributed by atoms with van der Waals surface area (Å²) in [4.78, 5) is 3.34. The van der Waals surface area contributed by atoms with E-state index < -0.39 is 0 Å². The molecule has 0 saturated heterocycles. The molecule has 3 N–H and O–H groups in total. The van der Waals surface area contributed by atoms with Gasteiger partial charge in [-0.05, 0) is 18.2 Å². The Hall–Kier alpha value is -3.94. The van der Waals surface area contributed by atoms with Crippen LogP contribution in [0.3, 0.4) is 0 Å². The van der Waals surface area contributed by atoms with Crippen molar-refractivity contribution in [3.8, 4) is 45.8 Å². The SMILES string of the molecule is COc1cc(Nc2c3c(O)ccc-3[nH]c3cc4c(cc23)OCO4)cc(OC)c1OC. The second kappa shape index (κ2) is 6.84. The lowest BCUT2D eigenvalue weighted by Crippen LogP contribution is -2.00. The summed E-state index contributed by atoms with van der Waals surface area (Å²) in [6.07, 6.45) is 0. The first kappa shape index (κ1) is 18.1. The molecule has 5 rings (SSSR count). The van der Waals surface area contributed by atoms with Crippen LogP contribution in [0.1, 0.15) is 0 Å². The van der Waals surface area contributed by atoms with Crippen molar-refractivity contribution in [1.82, 2.24) is 4.98 Å². The average Bonchev–Trinajstić information content (AvgIpc) is 3.37. The van der Waals surface area contributed by atoms with E-state index in [4.69, 9.17) is 23.7 Å². The van der Waals surface area contributed by atoms with Crippen molar-refractivity contribution in [1.29, 1.82) is 0 Å². The Balaban J connectivity index is 1.73. The number of benzene rings is 2. The van der Waals surface area contributed by atoms with Crippen LogP contribution in [0.5, 0.6) is 34.5 Å². The summed E-state index contributed by atoms with van der Waals surface area (Å²) in [5, 5.41) is 14.8. The molecule has 0 spiro atoms. The number of rotatable bonds is 5. The van der Waals surface area contributed by atoms with Crippen LogP contribution >= 0.6 is 0 Å². The Morgan fingerprint density at radius 2 is 1.63 bits per heavy atom. The van der Waals surface area contributed by atoms with Crippen LogP contribution < -0.4 is 29.0 Å². The maximum atomic E-state index is 10.5. The van der Waals surface area contributed by atoms with Gasteiger partial charge in [-0.3, -0.25) is 0 Å². The Morgan fingerprint density at radius 3 is 2.30 bits per heavy atom. The Morgan fingerprint density at radius 1 is 0.933 bits per heavy atom. The van der Waals surface area contributed by atoms with Crippen LogP contribution in [0, 0.1) is 0 Å². The average molecular weight is 408 g/mol. The maximum Gasteiger partial charge on any atom is 0.231 e. The van der Waals surface area contributed by atoms with E-state index in [9.17, 15) is 5.11 Å². The highest BCUT2D eigenvalue weighted by Gasteiger charge is 2.23. The summed E-state index contributed by atoms with van der Waals surface area (Å²) in [5.74, 6) is 3.03. The molecule has 2 aromatic rings. The highest BCUT2D eigenvalue weighted by Crippen LogP contribution is 2.48. The van der Waals surface area contributed by atoms with Gasteiger partial charge in [0.05, 0.1) is 43.8 Å². The zero-order valence-corrected chi connectivity index (χ0v) is 16.7. The van der Waals surface area contributed by atoms with Crippen molar-refractivity contribution < 1.29 is 28.8 Å². The highest BCUT2D eigenvalue weighted by molar-refractivity contribution is 6.05. The minimum Gasteiger partial charge on any atom is -0.507 e. The van der Waals surface area contributed by atoms with Crippen molar-refractivity contribution >= 4 is 22.3 Å². The number of pyridine rings is 1. The molecular formula is C22H20N2O6. The van der Waals surface area contributed by atoms with Gasteiger partial charge < -0.3 is 39.1 Å². The normalized spacial score (nSPS) is 12.4. The Kier molecular flexibility index (Phi) is 4.13. The third-order valence-electron chi connectivity index (χ3n) is 5.17. The van der Waals surface area contributed by atoms with Crippen molar-refractivity contribution in [2.75, 3.05) is 33.4 Å². The number of nitrogens with one attached hydrogen (secondary N) is 2. The number of H-pyrrole nitrogens is 1. The van der Waals surface area contributed by atoms with E-state index >= 15 is 0 Å². The Bertz CT molecular complexity index is 1210. The lowest BCUT2D eigenvalue weighted by atomic mass is 10.0. The number of methoxy groups -OCH3 is 3. The zero-order chi connectivity index (χ0) is 20.8. The number of anilines is 2. The number of hydrogen-bond acceptors (Lipinski definition) is 7. The van der Waals surface area contributed by atoms with Crippen molar-refractivity contribution in [3.05, 3.63) is 36.4 Å². The second-order valence-electron chi connectivity index (χ2n) is 6.80. The van der Waals surface area contributed by atoms with E-state index in [1.165, 1.54) is 0 Å². The van der Waals surface area contributed by atoms with Crippen LogP contribution in [0.25, 0.3) is 22.2 Å². The molecule has 8 heteroatoms. The quantitative estimate of drug-likeness (QED) is 0.448. The minimum atomic E-state index is 0.163. The number of ether oxygens (including phenoxy) is 5. The van der Waals surface area contributed by atoms with E-state index in [0.717, 1.165) is 16.6 Å². The van der Waals surface area contributed by atoms with Crippen LogP contribution in [0.2, 0.25) is 0 Å². The molecular weight excluding hydrogens is 388 g/mol. The first-order valence-electron chi connectivity index (χ1n) is 9.27. The molecule has 0 fully saturated rings. The molecule has 3 aliphatic rings. The molecule has 0 unspecified atom stereocenters. The monoisotopic (exact) mass is 408 g/mol. The predicted molar refractivity (Wildman–Crippen MR) is 112 cm³/mol. The van der Waals surface area contributed by atoms with Gasteiger partial charge in [-0.15, -0.1) is 0 Å². The predicted octanol–water partition coefficient (Wildman–Crippen LogP) is 4.48. The first-order chi connectivity index (χ1) is 14.6. The zero-order valence-electron chi connectivity index (χ0n) is 16.7. The van der Waals surface area contributed by atoms with E-state index in [0.29, 0.717) is 45.7 Å². The molecule has 0 aromatic heterocycles. The smallest absolute Gasteiger partial charge is 0.231 e. The molecule has 0 saturated carbocycles. The molecule has 0 bridgehead atoms. The summed E-state index contributed by atoms with van der Waals surface area (Å²) >= 11 is 0. The van der Waals surface area contributed by atoms with Crippen LogP contribution in [0.15, 0.2) is 36.4 Å². The fraction of sp³-hybridized carbons (Fsp3) is 0.182. The topological polar surface area (TPSA) is 94.2 Å². The first-order valence-corrected chi connectivity index (χ1v) is 9.27. The van der Waals surface area contributed by atoms with E-state index in [-0.39, 0.29) is 12.5 Å². The van der Waals surface area contributed by atoms with Gasteiger partial charge in [0.25, 0.3) is 0 Å². The third-order valence-corrected chi connectivity index (χ3v) is 5.17. The van der Waals surface area contributed by atoms with Crippen molar-refractivity contribution in [2.24, 2.45) is 0 Å². The number of aromatic amines is 1. The molecule has 2 aliphatic heterocycles. The van der Waals surface area contributed by atoms with Gasteiger partial charge in [-0.2, -0.15) is 0 Å². The van der Waals surface area contributed by atoms with E-state index in [2.05, 4.69) is 10.3 Å². The third kappa shape index (κ3) is 2.68. The second-order valence-corrected chi connectivity index (χ2v) is 6.80. The van der Waals surface area contributed by atoms with Crippen molar-refractivity contribution in [3.63, 3.8) is 0 Å². The molecule has 1 aliphatic carbocycles. The highest BCUT2D eigenvalue weighted by atomic mass is 16.7. The summed E-state index contributed by atoms with van der Waals surface area (Å²) in [5.41, 5.74) is 3.71. The number of hydrogen-bond donors (Lipinski definition) is 3. The fourth-order valence-corrected chi connectivity index (χ4v) is 3.79. The van der Waals surface area contributed by atoms with Gasteiger partial charge in [-0.25, -0.2) is 0 Å². The number of fused-ring (bicyclic) bond motifs is 3. The van der Waals surface area contributed by atoms with Crippen LogP contribution in [-0.4, -0.2) is 38.2 Å². The van der Waals surface area contributed by atoms with Crippen molar-refractivity contribution in [2.45, 2.75) is 0 Å². The molecule has 0 atom stereocenters. The molecule has 30 heavy (non-hydrogen) atoms. The maximum absolute atomic E-state index is 10.5. The molecule has 8 nitrogen and oxygen atoms in total. The Labute approximate surface area is 172 Å². The van der Waals surface area contributed by atoms with E-state index in [1.54, 1.807) is 27.4 Å². The molecule has 2 heterocycles. The van der Waals surface area contributed by atoms with Gasteiger partial charge in [-0.1, -0.05) is 0 Å². The fourth-order valence-electron chi connectivity index (χ4n) is 3.79. The van der Waals surface area contributed by atoms with Crippen LogP contribution in [0.4, 0.5) is 11.4 Å². The summed E-state index contributed by atoms with van der Waals surface area (Å²) in [6.45, 7) is 0.179. The molecule has 154 valence electrons. The summed E-state index contributed by atoms with van der Waals surface area (Å²) in [6, 6.07) is 10.9. The lowest BCUT2D eigenvalue weighted by molar-refractivity contribution is 0.174. The van der Waals surface area contributed by atoms with E-state index in [1.807, 2.05) is 30.3 Å². The van der Waals surface area contributed by atoms with Gasteiger partial charge in [0.2, 0.25) is 12.5 Å². The molecule has 2 aromatic carbocycles. The minimum absolute atomic E-state index is 0.163. The van der Waals surface area contributed by atoms with Gasteiger partial charge in [0, 0.05) is 29.3 Å². The lowest BCUT2D eigenvalue weighted by Gasteiger charge is -2.19. The standard InChI is InChI=1S/C22H20N2O6/c1-26-18-6-11(7-19(27-2)22(18)28-3)23-21-12-8-16-17(30-10-29-16)9-14(12)24-13-4-5-15(25)20(13)21/h4-9,23-25H,10H2,1-3H3. The number of aromatic hydroxyl groups is 1. The van der Waals surface area contributed by atoms with Gasteiger partial charge in [0.1, 0.15) is 5.75 Å². The van der Waals surface area contributed by atoms with Crippen LogP contribution in [-0.2, 0) is 0 Å². The largest absolute Gasteiger partial charge is 0.507 e. The summed E-state index contributed by atoms with van der Waals surface area (Å²) in [7, 11) is 4.69.